The lowest BCUT2D eigenvalue weighted by Gasteiger charge is -2.35. The number of aromatic nitrogens is 3. The molecule has 3 aromatic rings. The Labute approximate surface area is 177 Å². The Kier molecular flexibility index (Phi) is 5.71. The fourth-order valence-electron chi connectivity index (χ4n) is 3.24. The minimum absolute atomic E-state index is 0.0495. The molecule has 0 aliphatic carbocycles. The van der Waals surface area contributed by atoms with Crippen LogP contribution < -0.4 is 10.2 Å². The lowest BCUT2D eigenvalue weighted by Crippen LogP contribution is -2.49. The minimum Gasteiger partial charge on any atom is -0.352 e. The van der Waals surface area contributed by atoms with Gasteiger partial charge in [0.1, 0.15) is 5.82 Å². The Morgan fingerprint density at radius 3 is 2.48 bits per heavy atom. The molecule has 0 radical (unpaired) electrons. The lowest BCUT2D eigenvalue weighted by atomic mass is 10.2. The molecule has 1 aromatic carbocycles. The average molecular weight is 453 g/mol. The van der Waals surface area contributed by atoms with Gasteiger partial charge < -0.3 is 15.1 Å². The molecule has 0 spiro atoms. The summed E-state index contributed by atoms with van der Waals surface area (Å²) in [4.78, 5) is 21.0. The van der Waals surface area contributed by atoms with Crippen molar-refractivity contribution in [1.29, 1.82) is 0 Å². The molecule has 7 nitrogen and oxygen atoms in total. The number of pyridine rings is 1. The summed E-state index contributed by atoms with van der Waals surface area (Å²) in [7, 11) is 0. The van der Waals surface area contributed by atoms with Gasteiger partial charge in [-0.1, -0.05) is 12.1 Å². The predicted molar refractivity (Wildman–Crippen MR) is 117 cm³/mol. The highest BCUT2D eigenvalue weighted by Crippen LogP contribution is 2.21. The molecule has 0 bridgehead atoms. The standard InChI is InChI=1S/C21H21BrN6O/c1-15-8-9-23-19(14-15)24-18-6-7-20(26-25-18)27-10-12-28(13-11-27)21(29)16-4-2-3-5-17(16)22/h2-9,14H,10-13H2,1H3,(H,23,24,25). The summed E-state index contributed by atoms with van der Waals surface area (Å²) >= 11 is 3.46. The third-order valence-electron chi connectivity index (χ3n) is 4.82. The number of halogens is 1. The molecule has 3 heterocycles. The van der Waals surface area contributed by atoms with Crippen molar-refractivity contribution in [3.63, 3.8) is 0 Å². The molecule has 29 heavy (non-hydrogen) atoms. The zero-order valence-electron chi connectivity index (χ0n) is 16.0. The van der Waals surface area contributed by atoms with Gasteiger partial charge in [0.15, 0.2) is 11.6 Å². The minimum atomic E-state index is 0.0495. The lowest BCUT2D eigenvalue weighted by molar-refractivity contribution is 0.0745. The first-order valence-electron chi connectivity index (χ1n) is 9.42. The van der Waals surface area contributed by atoms with Crippen LogP contribution in [0.2, 0.25) is 0 Å². The van der Waals surface area contributed by atoms with E-state index in [9.17, 15) is 4.79 Å². The smallest absolute Gasteiger partial charge is 0.255 e. The summed E-state index contributed by atoms with van der Waals surface area (Å²) in [6.45, 7) is 4.75. The maximum Gasteiger partial charge on any atom is 0.255 e. The largest absolute Gasteiger partial charge is 0.352 e. The van der Waals surface area contributed by atoms with Crippen LogP contribution in [0.25, 0.3) is 0 Å². The van der Waals surface area contributed by atoms with Crippen molar-refractivity contribution >= 4 is 39.3 Å². The molecule has 1 N–H and O–H groups in total. The number of anilines is 3. The quantitative estimate of drug-likeness (QED) is 0.650. The van der Waals surface area contributed by atoms with E-state index in [1.165, 1.54) is 0 Å². The summed E-state index contributed by atoms with van der Waals surface area (Å²) in [6, 6.07) is 15.3. The maximum atomic E-state index is 12.7. The Hall–Kier alpha value is -3.00. The van der Waals surface area contributed by atoms with Crippen molar-refractivity contribution < 1.29 is 4.79 Å². The van der Waals surface area contributed by atoms with E-state index < -0.39 is 0 Å². The van der Waals surface area contributed by atoms with Crippen LogP contribution in [0.3, 0.4) is 0 Å². The summed E-state index contributed by atoms with van der Waals surface area (Å²) in [6.07, 6.45) is 1.76. The highest BCUT2D eigenvalue weighted by Gasteiger charge is 2.24. The predicted octanol–water partition coefficient (Wildman–Crippen LogP) is 3.65. The Morgan fingerprint density at radius 1 is 1.00 bits per heavy atom. The van der Waals surface area contributed by atoms with Crippen molar-refractivity contribution in [2.24, 2.45) is 0 Å². The van der Waals surface area contributed by atoms with Gasteiger partial charge in [-0.05, 0) is 64.8 Å². The third kappa shape index (κ3) is 4.54. The fourth-order valence-corrected chi connectivity index (χ4v) is 3.69. The van der Waals surface area contributed by atoms with E-state index in [0.29, 0.717) is 24.5 Å². The molecule has 1 amide bonds. The molecular formula is C21H21BrN6O. The molecule has 1 aliphatic rings. The van der Waals surface area contributed by atoms with Gasteiger partial charge in [-0.15, -0.1) is 10.2 Å². The summed E-state index contributed by atoms with van der Waals surface area (Å²) in [5.41, 5.74) is 1.82. The number of nitrogens with one attached hydrogen (secondary N) is 1. The van der Waals surface area contributed by atoms with Gasteiger partial charge in [0.25, 0.3) is 5.91 Å². The van der Waals surface area contributed by atoms with Crippen LogP contribution in [-0.4, -0.2) is 52.2 Å². The van der Waals surface area contributed by atoms with Crippen LogP contribution in [0.4, 0.5) is 17.5 Å². The number of carbonyl (C=O) groups excluding carboxylic acids is 1. The van der Waals surface area contributed by atoms with Crippen molar-refractivity contribution in [3.8, 4) is 0 Å². The molecule has 1 saturated heterocycles. The number of hydrogen-bond donors (Lipinski definition) is 1. The first kappa shape index (κ1) is 19.3. The van der Waals surface area contributed by atoms with Gasteiger partial charge >= 0.3 is 0 Å². The highest BCUT2D eigenvalue weighted by molar-refractivity contribution is 9.10. The normalized spacial score (nSPS) is 14.0. The first-order chi connectivity index (χ1) is 14.1. The number of piperazine rings is 1. The number of rotatable bonds is 4. The van der Waals surface area contributed by atoms with Crippen LogP contribution in [0, 0.1) is 6.92 Å². The monoisotopic (exact) mass is 452 g/mol. The molecular weight excluding hydrogens is 432 g/mol. The second kappa shape index (κ2) is 8.57. The van der Waals surface area contributed by atoms with E-state index in [4.69, 9.17) is 0 Å². The van der Waals surface area contributed by atoms with Crippen LogP contribution >= 0.6 is 15.9 Å². The summed E-state index contributed by atoms with van der Waals surface area (Å²) < 4.78 is 0.824. The van der Waals surface area contributed by atoms with Gasteiger partial charge in [-0.3, -0.25) is 4.79 Å². The van der Waals surface area contributed by atoms with E-state index in [-0.39, 0.29) is 5.91 Å². The fraction of sp³-hybridized carbons (Fsp3) is 0.238. The van der Waals surface area contributed by atoms with E-state index in [1.54, 1.807) is 6.20 Å². The number of amides is 1. The van der Waals surface area contributed by atoms with Gasteiger partial charge in [-0.25, -0.2) is 4.98 Å². The molecule has 8 heteroatoms. The molecule has 1 fully saturated rings. The number of hydrogen-bond acceptors (Lipinski definition) is 6. The molecule has 0 atom stereocenters. The Bertz CT molecular complexity index is 1000. The van der Waals surface area contributed by atoms with Crippen molar-refractivity contribution in [1.82, 2.24) is 20.1 Å². The topological polar surface area (TPSA) is 74.2 Å². The third-order valence-corrected chi connectivity index (χ3v) is 5.51. The Balaban J connectivity index is 1.36. The van der Waals surface area contributed by atoms with Gasteiger partial charge in [0, 0.05) is 36.8 Å². The van der Waals surface area contributed by atoms with Crippen LogP contribution in [0.1, 0.15) is 15.9 Å². The molecule has 0 unspecified atom stereocenters. The van der Waals surface area contributed by atoms with Gasteiger partial charge in [0.2, 0.25) is 0 Å². The first-order valence-corrected chi connectivity index (χ1v) is 10.2. The number of carbonyl (C=O) groups is 1. The number of benzene rings is 1. The SMILES string of the molecule is Cc1ccnc(Nc2ccc(N3CCN(C(=O)c4ccccc4Br)CC3)nn2)c1. The zero-order chi connectivity index (χ0) is 20.2. The molecule has 148 valence electrons. The van der Waals surface area contributed by atoms with E-state index in [2.05, 4.69) is 41.3 Å². The van der Waals surface area contributed by atoms with E-state index in [1.807, 2.05) is 60.4 Å². The average Bonchev–Trinajstić information content (AvgIpc) is 2.74. The molecule has 2 aromatic heterocycles. The van der Waals surface area contributed by atoms with Crippen LogP contribution in [0.15, 0.2) is 59.2 Å². The molecule has 0 saturated carbocycles. The second-order valence-corrected chi connectivity index (χ2v) is 7.73. The Morgan fingerprint density at radius 2 is 1.79 bits per heavy atom. The second-order valence-electron chi connectivity index (χ2n) is 6.88. The zero-order valence-corrected chi connectivity index (χ0v) is 17.6. The van der Waals surface area contributed by atoms with Crippen molar-refractivity contribution in [2.75, 3.05) is 36.4 Å². The summed E-state index contributed by atoms with van der Waals surface area (Å²) in [5.74, 6) is 2.25. The van der Waals surface area contributed by atoms with Gasteiger partial charge in [-0.2, -0.15) is 0 Å². The molecule has 4 rings (SSSR count). The van der Waals surface area contributed by atoms with Crippen LogP contribution in [-0.2, 0) is 0 Å². The maximum absolute atomic E-state index is 12.7. The molecule has 1 aliphatic heterocycles. The van der Waals surface area contributed by atoms with E-state index >= 15 is 0 Å². The van der Waals surface area contributed by atoms with E-state index in [0.717, 1.165) is 34.8 Å². The number of aryl methyl sites for hydroxylation is 1. The highest BCUT2D eigenvalue weighted by atomic mass is 79.9. The van der Waals surface area contributed by atoms with Crippen molar-refractivity contribution in [2.45, 2.75) is 6.92 Å². The number of nitrogens with zero attached hydrogens (tertiary/aromatic N) is 5. The van der Waals surface area contributed by atoms with Crippen molar-refractivity contribution in [3.05, 3.63) is 70.3 Å². The van der Waals surface area contributed by atoms with Crippen LogP contribution in [0.5, 0.6) is 0 Å². The van der Waals surface area contributed by atoms with Gasteiger partial charge in [0.05, 0.1) is 5.56 Å². The summed E-state index contributed by atoms with van der Waals surface area (Å²) in [5, 5.41) is 11.8.